The summed E-state index contributed by atoms with van der Waals surface area (Å²) < 4.78 is 113. The van der Waals surface area contributed by atoms with E-state index < -0.39 is 47.8 Å². The van der Waals surface area contributed by atoms with Crippen molar-refractivity contribution >= 4 is 65.2 Å². The summed E-state index contributed by atoms with van der Waals surface area (Å²) >= 11 is 0. The second kappa shape index (κ2) is 32.4. The highest BCUT2D eigenvalue weighted by Crippen LogP contribution is 2.50. The standard InChI is InChI=1S/3C29H41N7O4S/c3*1-19-22(17-34(8)31-19)41(38,39)33-26(37)21-9-10-23(36-14-11-24(32-36)40-18-29(7)12-13-29)30-25(21)35-16-20(27(2,3)4)15-28(35,5)6/h3*9-11,14,17,20H,12-13,15-16,18H2,1-8H3,(H,33,37). The molecular formula is C87H123N21O12S3. The Hall–Kier alpha value is -10.2. The van der Waals surface area contributed by atoms with Crippen LogP contribution < -0.4 is 43.1 Å². The molecule has 9 aromatic heterocycles. The molecule has 0 aromatic carbocycles. The first-order chi connectivity index (χ1) is 56.9. The first-order valence-corrected chi connectivity index (χ1v) is 46.5. The van der Waals surface area contributed by atoms with Crippen LogP contribution in [0.1, 0.15) is 231 Å². The number of carbonyl (C=O) groups excluding carboxylic acids is 3. The summed E-state index contributed by atoms with van der Waals surface area (Å²) in [5, 5.41) is 26.0. The molecule has 0 spiro atoms. The summed E-state index contributed by atoms with van der Waals surface area (Å²) in [7, 11) is -7.57. The highest BCUT2D eigenvalue weighted by Gasteiger charge is 2.49. The van der Waals surface area contributed by atoms with E-state index in [1.54, 1.807) is 129 Å². The molecule has 123 heavy (non-hydrogen) atoms. The number of anilines is 3. The van der Waals surface area contributed by atoms with Crippen LogP contribution in [0.3, 0.4) is 0 Å². The fourth-order valence-electron chi connectivity index (χ4n) is 16.0. The first-order valence-electron chi connectivity index (χ1n) is 42.1. The van der Waals surface area contributed by atoms with E-state index in [-0.39, 0.29) is 80.5 Å². The third-order valence-corrected chi connectivity index (χ3v) is 29.6. The molecule has 15 rings (SSSR count). The van der Waals surface area contributed by atoms with Gasteiger partial charge in [0.15, 0.2) is 17.5 Å². The Morgan fingerprint density at radius 1 is 0.382 bits per heavy atom. The quantitative estimate of drug-likeness (QED) is 0.0506. The zero-order valence-electron chi connectivity index (χ0n) is 75.7. The molecule has 3 amide bonds. The largest absolute Gasteiger partial charge is 0.476 e. The number of amides is 3. The van der Waals surface area contributed by atoms with Gasteiger partial charge in [-0.25, -0.2) is 68.4 Å². The summed E-state index contributed by atoms with van der Waals surface area (Å²) in [5.74, 6) is 3.06. The predicted octanol–water partition coefficient (Wildman–Crippen LogP) is 12.8. The highest BCUT2D eigenvalue weighted by molar-refractivity contribution is 7.90. The molecule has 36 heteroatoms. The van der Waals surface area contributed by atoms with Gasteiger partial charge < -0.3 is 28.9 Å². The zero-order valence-corrected chi connectivity index (χ0v) is 78.1. The van der Waals surface area contributed by atoms with E-state index in [1.165, 1.54) is 32.6 Å². The fourth-order valence-corrected chi connectivity index (χ4v) is 19.6. The van der Waals surface area contributed by atoms with Crippen LogP contribution in [0, 0.1) is 71.0 Å². The van der Waals surface area contributed by atoms with Gasteiger partial charge in [-0.3, -0.25) is 28.4 Å². The summed E-state index contributed by atoms with van der Waals surface area (Å²) in [5.41, 5.74) is 1.27. The Bertz CT molecular complexity index is 5300. The van der Waals surface area contributed by atoms with E-state index in [9.17, 15) is 39.6 Å². The molecule has 0 radical (unpaired) electrons. The highest BCUT2D eigenvalue weighted by atomic mass is 32.2. The van der Waals surface area contributed by atoms with Gasteiger partial charge in [0.2, 0.25) is 17.6 Å². The number of pyridine rings is 3. The van der Waals surface area contributed by atoms with Crippen LogP contribution in [-0.4, -0.2) is 173 Å². The van der Waals surface area contributed by atoms with Crippen molar-refractivity contribution in [2.45, 2.75) is 234 Å². The van der Waals surface area contributed by atoms with Gasteiger partial charge >= 0.3 is 0 Å². The first kappa shape index (κ1) is 90.5. The topological polar surface area (TPSA) is 373 Å². The summed E-state index contributed by atoms with van der Waals surface area (Å²) in [6.45, 7) is 47.9. The number of nitrogens with zero attached hydrogens (tertiary/aromatic N) is 18. The van der Waals surface area contributed by atoms with Gasteiger partial charge in [0, 0.05) is 129 Å². The lowest BCUT2D eigenvalue weighted by Gasteiger charge is -2.34. The van der Waals surface area contributed by atoms with E-state index >= 15 is 0 Å². The Morgan fingerprint density at radius 3 is 0.813 bits per heavy atom. The third kappa shape index (κ3) is 20.4. The molecule has 6 aliphatic rings. The van der Waals surface area contributed by atoms with E-state index in [1.807, 2.05) is 0 Å². The van der Waals surface area contributed by atoms with Crippen molar-refractivity contribution in [3.05, 3.63) is 126 Å². The number of hydrogen-bond acceptors (Lipinski definition) is 24. The Balaban J connectivity index is 0.000000159. The van der Waals surface area contributed by atoms with Gasteiger partial charge in [0.05, 0.1) is 53.6 Å². The molecule has 3 aliphatic heterocycles. The average Bonchev–Trinajstić information content (AvgIpc) is 1.69. The number of hydrogen-bond donors (Lipinski definition) is 3. The van der Waals surface area contributed by atoms with Crippen molar-refractivity contribution in [3.8, 4) is 35.1 Å². The van der Waals surface area contributed by atoms with Crippen molar-refractivity contribution in [1.29, 1.82) is 0 Å². The molecule has 3 N–H and O–H groups in total. The van der Waals surface area contributed by atoms with Crippen LogP contribution >= 0.6 is 0 Å². The van der Waals surface area contributed by atoms with Crippen LogP contribution in [-0.2, 0) is 51.2 Å². The second-order valence-corrected chi connectivity index (χ2v) is 45.8. The second-order valence-electron chi connectivity index (χ2n) is 40.8. The Morgan fingerprint density at radius 2 is 0.618 bits per heavy atom. The van der Waals surface area contributed by atoms with Crippen LogP contribution in [0.4, 0.5) is 17.5 Å². The zero-order chi connectivity index (χ0) is 89.9. The van der Waals surface area contributed by atoms with Crippen molar-refractivity contribution in [2.24, 2.45) is 71.4 Å². The van der Waals surface area contributed by atoms with Gasteiger partial charge in [-0.15, -0.1) is 15.3 Å². The Kier molecular flexibility index (Phi) is 23.8. The lowest BCUT2D eigenvalue weighted by molar-refractivity contribution is 0.0972. The number of nitrogens with one attached hydrogen (secondary N) is 3. The van der Waals surface area contributed by atoms with E-state index in [4.69, 9.17) is 29.2 Å². The lowest BCUT2D eigenvalue weighted by atomic mass is 9.78. The van der Waals surface area contributed by atoms with Crippen molar-refractivity contribution in [3.63, 3.8) is 0 Å². The molecule has 6 fully saturated rings. The molecule has 3 saturated carbocycles. The molecule has 12 heterocycles. The minimum Gasteiger partial charge on any atom is -0.476 e. The molecule has 666 valence electrons. The molecule has 3 unspecified atom stereocenters. The van der Waals surface area contributed by atoms with Crippen molar-refractivity contribution in [1.82, 2.24) is 87.8 Å². The molecule has 3 saturated heterocycles. The van der Waals surface area contributed by atoms with Crippen molar-refractivity contribution < 1.29 is 53.8 Å². The van der Waals surface area contributed by atoms with Gasteiger partial charge in [-0.1, -0.05) is 83.1 Å². The van der Waals surface area contributed by atoms with E-state index in [0.717, 1.165) is 57.8 Å². The normalized spacial score (nSPS) is 19.8. The lowest BCUT2D eigenvalue weighted by Crippen LogP contribution is -2.41. The van der Waals surface area contributed by atoms with E-state index in [2.05, 4.69) is 184 Å². The fraction of sp³-hybridized carbons (Fsp3) is 0.586. The average molecular weight is 1750 g/mol. The number of aryl methyl sites for hydroxylation is 6. The summed E-state index contributed by atoms with van der Waals surface area (Å²) in [4.78, 5) is 61.9. The molecular weight excluding hydrogens is 1630 g/mol. The van der Waals surface area contributed by atoms with Crippen LogP contribution in [0.15, 0.2) is 106 Å². The third-order valence-electron chi connectivity index (χ3n) is 25.3. The summed E-state index contributed by atoms with van der Waals surface area (Å²) in [6.07, 6.45) is 19.1. The number of sulfonamides is 3. The molecule has 3 aliphatic carbocycles. The van der Waals surface area contributed by atoms with Gasteiger partial charge in [-0.2, -0.15) is 15.3 Å². The van der Waals surface area contributed by atoms with Crippen LogP contribution in [0.2, 0.25) is 0 Å². The number of aromatic nitrogens is 15. The maximum absolute atomic E-state index is 13.6. The Labute approximate surface area is 723 Å². The number of rotatable bonds is 24. The molecule has 33 nitrogen and oxygen atoms in total. The molecule has 9 aromatic rings. The summed E-state index contributed by atoms with van der Waals surface area (Å²) in [6, 6.07) is 15.3. The number of ether oxygens (including phenoxy) is 3. The predicted molar refractivity (Wildman–Crippen MR) is 467 cm³/mol. The van der Waals surface area contributed by atoms with Gasteiger partial charge in [0.1, 0.15) is 32.1 Å². The van der Waals surface area contributed by atoms with Crippen molar-refractivity contribution in [2.75, 3.05) is 54.2 Å². The minimum absolute atomic E-state index is 0.0413. The van der Waals surface area contributed by atoms with E-state index in [0.29, 0.717) is 127 Å². The minimum atomic E-state index is -4.16. The van der Waals surface area contributed by atoms with Crippen LogP contribution in [0.5, 0.6) is 17.6 Å². The van der Waals surface area contributed by atoms with Crippen LogP contribution in [0.25, 0.3) is 17.5 Å². The smallest absolute Gasteiger partial charge is 0.268 e. The maximum atomic E-state index is 13.6. The molecule has 3 atom stereocenters. The van der Waals surface area contributed by atoms with Gasteiger partial charge in [0.25, 0.3) is 47.8 Å². The van der Waals surface area contributed by atoms with Gasteiger partial charge in [-0.05, 0) is 190 Å². The number of carbonyl (C=O) groups is 3. The monoisotopic (exact) mass is 1750 g/mol. The molecule has 0 bridgehead atoms. The maximum Gasteiger partial charge on any atom is 0.268 e. The SMILES string of the molecule is Cc1nn(C)cc1S(=O)(=O)NC(=O)c1ccc(-n2ccc(OCC3(C)CC3)n2)nc1N1CC(C(C)(C)C)CC1(C)C.Cc1nn(C)cc1S(=O)(=O)NC(=O)c1ccc(-n2ccc(OCC3(C)CC3)n2)nc1N1CC(C(C)(C)C)CC1(C)C.Cc1nn(C)cc1S(=O)(=O)NC(=O)c1ccc(-n2ccc(OCC3(C)CC3)n2)nc1N1CC(C(C)(C)C)CC1(C)C.